The maximum atomic E-state index is 12.7. The number of rotatable bonds is 6. The van der Waals surface area contributed by atoms with Crippen LogP contribution in [0.3, 0.4) is 0 Å². The quantitative estimate of drug-likeness (QED) is 0.606. The molecule has 1 fully saturated rings. The minimum atomic E-state index is -0.729. The Balaban J connectivity index is 1.85. The number of methoxy groups -OCH3 is 3. The number of carbonyl (C=O) groups is 2. The minimum absolute atomic E-state index is 0.252. The Labute approximate surface area is 161 Å². The van der Waals surface area contributed by atoms with E-state index in [0.29, 0.717) is 17.2 Å². The highest BCUT2D eigenvalue weighted by Gasteiger charge is 2.48. The fourth-order valence-corrected chi connectivity index (χ4v) is 3.30. The zero-order valence-electron chi connectivity index (χ0n) is 15.1. The second kappa shape index (κ2) is 7.75. The summed E-state index contributed by atoms with van der Waals surface area (Å²) in [5, 5.41) is 0.506. The van der Waals surface area contributed by atoms with Crippen LogP contribution in [0.15, 0.2) is 42.5 Å². The van der Waals surface area contributed by atoms with Crippen molar-refractivity contribution in [3.63, 3.8) is 0 Å². The van der Waals surface area contributed by atoms with Gasteiger partial charge in [-0.25, -0.2) is 5.01 Å². The largest absolute Gasteiger partial charge is 0.493 e. The SMILES string of the molecule is COc1cc(C(=O)NN2C(=O)[C@H](Cl)[C@@H]2c2ccccc2)cc(OC)c1OC. The van der Waals surface area contributed by atoms with Crippen molar-refractivity contribution in [2.75, 3.05) is 21.3 Å². The average Bonchev–Trinajstić information content (AvgIpc) is 2.72. The number of hydrogen-bond donors (Lipinski definition) is 1. The van der Waals surface area contributed by atoms with Crippen molar-refractivity contribution in [2.45, 2.75) is 11.4 Å². The molecule has 1 aliphatic rings. The lowest BCUT2D eigenvalue weighted by Gasteiger charge is -2.43. The van der Waals surface area contributed by atoms with Gasteiger partial charge in [0.1, 0.15) is 11.4 Å². The average molecular weight is 391 g/mol. The van der Waals surface area contributed by atoms with Crippen molar-refractivity contribution in [1.29, 1.82) is 0 Å². The molecule has 0 aliphatic carbocycles. The summed E-state index contributed by atoms with van der Waals surface area (Å²) in [6.07, 6.45) is 0. The molecule has 1 N–H and O–H groups in total. The first-order chi connectivity index (χ1) is 13.0. The van der Waals surface area contributed by atoms with Crippen molar-refractivity contribution in [3.05, 3.63) is 53.6 Å². The Morgan fingerprint density at radius 3 is 2.15 bits per heavy atom. The molecular formula is C19H19ClN2O5. The van der Waals surface area contributed by atoms with E-state index in [2.05, 4.69) is 5.43 Å². The molecule has 0 radical (unpaired) electrons. The highest BCUT2D eigenvalue weighted by molar-refractivity contribution is 6.33. The van der Waals surface area contributed by atoms with Crippen LogP contribution in [0.4, 0.5) is 0 Å². The Hall–Kier alpha value is -2.93. The van der Waals surface area contributed by atoms with E-state index in [9.17, 15) is 9.59 Å². The van der Waals surface area contributed by atoms with Gasteiger partial charge in [0.05, 0.1) is 21.3 Å². The number of β-lactam (4-membered cyclic amide) rings is 1. The zero-order valence-corrected chi connectivity index (χ0v) is 15.8. The molecule has 0 saturated carbocycles. The molecule has 142 valence electrons. The van der Waals surface area contributed by atoms with Gasteiger partial charge in [0.2, 0.25) is 5.75 Å². The number of alkyl halides is 1. The van der Waals surface area contributed by atoms with Gasteiger partial charge in [0.15, 0.2) is 11.5 Å². The van der Waals surface area contributed by atoms with Crippen LogP contribution < -0.4 is 19.6 Å². The lowest BCUT2D eigenvalue weighted by Crippen LogP contribution is -2.63. The summed E-state index contributed by atoms with van der Waals surface area (Å²) in [5.41, 5.74) is 3.70. The van der Waals surface area contributed by atoms with E-state index in [4.69, 9.17) is 25.8 Å². The van der Waals surface area contributed by atoms with Gasteiger partial charge in [0, 0.05) is 5.56 Å². The summed E-state index contributed by atoms with van der Waals surface area (Å²) in [4.78, 5) is 24.9. The predicted octanol–water partition coefficient (Wildman–Crippen LogP) is 2.55. The molecule has 8 heteroatoms. The first kappa shape index (κ1) is 18.8. The number of ether oxygens (including phenoxy) is 3. The van der Waals surface area contributed by atoms with E-state index < -0.39 is 17.3 Å². The van der Waals surface area contributed by atoms with Crippen LogP contribution in [-0.2, 0) is 4.79 Å². The van der Waals surface area contributed by atoms with E-state index in [-0.39, 0.29) is 11.5 Å². The molecular weight excluding hydrogens is 372 g/mol. The molecule has 1 aliphatic heterocycles. The van der Waals surface area contributed by atoms with Crippen LogP contribution >= 0.6 is 11.6 Å². The summed E-state index contributed by atoms with van der Waals surface area (Å²) in [5.74, 6) is 0.191. The van der Waals surface area contributed by atoms with Crippen LogP contribution in [0, 0.1) is 0 Å². The molecule has 1 heterocycles. The monoisotopic (exact) mass is 390 g/mol. The fourth-order valence-electron chi connectivity index (χ4n) is 2.93. The van der Waals surface area contributed by atoms with Gasteiger partial charge < -0.3 is 14.2 Å². The first-order valence-corrected chi connectivity index (χ1v) is 8.58. The molecule has 1 saturated heterocycles. The molecule has 27 heavy (non-hydrogen) atoms. The van der Waals surface area contributed by atoms with Gasteiger partial charge in [-0.15, -0.1) is 11.6 Å². The zero-order chi connectivity index (χ0) is 19.6. The van der Waals surface area contributed by atoms with Gasteiger partial charge in [0.25, 0.3) is 11.8 Å². The summed E-state index contributed by atoms with van der Waals surface area (Å²) in [6, 6.07) is 11.9. The molecule has 0 bridgehead atoms. The number of halogens is 1. The van der Waals surface area contributed by atoms with Crippen molar-refractivity contribution in [1.82, 2.24) is 10.4 Å². The second-order valence-electron chi connectivity index (χ2n) is 5.82. The molecule has 2 atom stereocenters. The second-order valence-corrected chi connectivity index (χ2v) is 6.29. The molecule has 0 aromatic heterocycles. The van der Waals surface area contributed by atoms with Crippen molar-refractivity contribution in [3.8, 4) is 17.2 Å². The molecule has 7 nitrogen and oxygen atoms in total. The van der Waals surface area contributed by atoms with E-state index >= 15 is 0 Å². The topological polar surface area (TPSA) is 77.1 Å². The Morgan fingerprint density at radius 2 is 1.63 bits per heavy atom. The lowest BCUT2D eigenvalue weighted by atomic mass is 9.95. The third-order valence-electron chi connectivity index (χ3n) is 4.32. The van der Waals surface area contributed by atoms with E-state index in [1.54, 1.807) is 0 Å². The standard InChI is InChI=1S/C19H19ClN2O5/c1-25-13-9-12(10-14(26-2)17(13)27-3)18(23)21-22-16(15(20)19(22)24)11-7-5-4-6-8-11/h4-10,15-16H,1-3H3,(H,21,23)/t15-,16+/m1/s1. The highest BCUT2D eigenvalue weighted by atomic mass is 35.5. The Bertz CT molecular complexity index is 833. The number of amides is 2. The molecule has 0 spiro atoms. The highest BCUT2D eigenvalue weighted by Crippen LogP contribution is 2.39. The first-order valence-electron chi connectivity index (χ1n) is 8.15. The fraction of sp³-hybridized carbons (Fsp3) is 0.263. The lowest BCUT2D eigenvalue weighted by molar-refractivity contribution is -0.149. The number of hydrazine groups is 1. The third-order valence-corrected chi connectivity index (χ3v) is 4.74. The summed E-state index contributed by atoms with van der Waals surface area (Å²) in [7, 11) is 4.40. The minimum Gasteiger partial charge on any atom is -0.493 e. The summed E-state index contributed by atoms with van der Waals surface area (Å²) < 4.78 is 15.8. The van der Waals surface area contributed by atoms with Crippen molar-refractivity contribution < 1.29 is 23.8 Å². The Kier molecular flexibility index (Phi) is 5.41. The summed E-state index contributed by atoms with van der Waals surface area (Å²) in [6.45, 7) is 0. The predicted molar refractivity (Wildman–Crippen MR) is 99.2 cm³/mol. The van der Waals surface area contributed by atoms with Crippen LogP contribution in [0.5, 0.6) is 17.2 Å². The van der Waals surface area contributed by atoms with Crippen LogP contribution in [0.1, 0.15) is 22.0 Å². The van der Waals surface area contributed by atoms with Gasteiger partial charge in [-0.3, -0.25) is 15.0 Å². The van der Waals surface area contributed by atoms with Crippen LogP contribution in [0.2, 0.25) is 0 Å². The van der Waals surface area contributed by atoms with Gasteiger partial charge in [-0.1, -0.05) is 30.3 Å². The van der Waals surface area contributed by atoms with Crippen LogP contribution in [0.25, 0.3) is 0 Å². The maximum absolute atomic E-state index is 12.7. The normalized spacial score (nSPS) is 18.5. The molecule has 2 aromatic carbocycles. The summed E-state index contributed by atoms with van der Waals surface area (Å²) >= 11 is 6.16. The number of hydrogen-bond acceptors (Lipinski definition) is 5. The number of benzene rings is 2. The van der Waals surface area contributed by atoms with Gasteiger partial charge >= 0.3 is 0 Å². The van der Waals surface area contributed by atoms with E-state index in [1.807, 2.05) is 30.3 Å². The maximum Gasteiger partial charge on any atom is 0.270 e. The smallest absolute Gasteiger partial charge is 0.270 e. The number of carbonyl (C=O) groups excluding carboxylic acids is 2. The van der Waals surface area contributed by atoms with Gasteiger partial charge in [-0.05, 0) is 17.7 Å². The third kappa shape index (κ3) is 3.38. The molecule has 3 rings (SSSR count). The Morgan fingerprint density at radius 1 is 1.04 bits per heavy atom. The molecule has 0 unspecified atom stereocenters. The molecule has 2 amide bonds. The number of nitrogens with one attached hydrogen (secondary N) is 1. The molecule has 2 aromatic rings. The van der Waals surface area contributed by atoms with Crippen LogP contribution in [-0.4, -0.2) is 43.5 Å². The van der Waals surface area contributed by atoms with E-state index in [0.717, 1.165) is 5.56 Å². The van der Waals surface area contributed by atoms with E-state index in [1.165, 1.54) is 38.5 Å². The van der Waals surface area contributed by atoms with Crippen molar-refractivity contribution in [2.24, 2.45) is 0 Å². The van der Waals surface area contributed by atoms with Gasteiger partial charge in [-0.2, -0.15) is 0 Å². The van der Waals surface area contributed by atoms with Crippen molar-refractivity contribution >= 4 is 23.4 Å². The number of nitrogens with zero attached hydrogens (tertiary/aromatic N) is 1.